The Morgan fingerprint density at radius 2 is 2.17 bits per heavy atom. The Balaban J connectivity index is 2.08. The summed E-state index contributed by atoms with van der Waals surface area (Å²) in [6.07, 6.45) is 0.565. The van der Waals surface area contributed by atoms with Gasteiger partial charge in [0, 0.05) is 17.6 Å². The summed E-state index contributed by atoms with van der Waals surface area (Å²) in [4.78, 5) is 0. The highest BCUT2D eigenvalue weighted by Gasteiger charge is 2.05. The van der Waals surface area contributed by atoms with E-state index in [4.69, 9.17) is 4.74 Å². The number of ether oxygens (including phenoxy) is 1. The highest BCUT2D eigenvalue weighted by atomic mass is 79.9. The first-order valence-electron chi connectivity index (χ1n) is 6.35. The molecule has 0 bridgehead atoms. The molecule has 1 unspecified atom stereocenters. The van der Waals surface area contributed by atoms with Crippen molar-refractivity contribution in [2.24, 2.45) is 5.92 Å². The molecule has 18 heavy (non-hydrogen) atoms. The molecule has 0 aliphatic carbocycles. The topological polar surface area (TPSA) is 41.5 Å². The van der Waals surface area contributed by atoms with Crippen LogP contribution in [0.25, 0.3) is 0 Å². The van der Waals surface area contributed by atoms with E-state index < -0.39 is 0 Å². The van der Waals surface area contributed by atoms with Crippen LogP contribution in [0.1, 0.15) is 20.3 Å². The smallest absolute Gasteiger partial charge is 0.120 e. The average molecular weight is 316 g/mol. The third-order valence-corrected chi connectivity index (χ3v) is 2.96. The Morgan fingerprint density at radius 1 is 1.39 bits per heavy atom. The van der Waals surface area contributed by atoms with E-state index in [0.29, 0.717) is 19.1 Å². The number of nitrogens with one attached hydrogen (secondary N) is 1. The molecule has 3 nitrogen and oxygen atoms in total. The van der Waals surface area contributed by atoms with E-state index in [2.05, 4.69) is 35.1 Å². The molecule has 0 fully saturated rings. The lowest BCUT2D eigenvalue weighted by Gasteiger charge is -2.14. The molecular weight excluding hydrogens is 294 g/mol. The van der Waals surface area contributed by atoms with E-state index in [0.717, 1.165) is 23.2 Å². The second kappa shape index (κ2) is 8.51. The van der Waals surface area contributed by atoms with Gasteiger partial charge in [-0.05, 0) is 30.5 Å². The molecule has 2 N–H and O–H groups in total. The Hall–Kier alpha value is -0.580. The standard InChI is InChI=1S/C14H22BrNO2/c1-11(2)8-13(17)10-16-6-7-18-14-5-3-4-12(15)9-14/h3-5,9,11,13,16-17H,6-8,10H2,1-2H3. The number of aliphatic hydroxyl groups excluding tert-OH is 1. The first kappa shape index (κ1) is 15.5. The number of aliphatic hydroxyl groups is 1. The predicted octanol–water partition coefficient (Wildman–Crippen LogP) is 2.82. The van der Waals surface area contributed by atoms with Crippen LogP contribution in [-0.4, -0.2) is 30.9 Å². The first-order valence-corrected chi connectivity index (χ1v) is 7.14. The molecule has 1 rings (SSSR count). The Labute approximate surface area is 118 Å². The third-order valence-electron chi connectivity index (χ3n) is 2.47. The highest BCUT2D eigenvalue weighted by Crippen LogP contribution is 2.17. The predicted molar refractivity (Wildman–Crippen MR) is 78.0 cm³/mol. The molecule has 102 valence electrons. The summed E-state index contributed by atoms with van der Waals surface area (Å²) < 4.78 is 6.59. The van der Waals surface area contributed by atoms with Crippen LogP contribution >= 0.6 is 15.9 Å². The van der Waals surface area contributed by atoms with Gasteiger partial charge >= 0.3 is 0 Å². The molecule has 0 amide bonds. The molecule has 0 saturated carbocycles. The van der Waals surface area contributed by atoms with Crippen LogP contribution in [0.15, 0.2) is 28.7 Å². The zero-order valence-electron chi connectivity index (χ0n) is 11.0. The summed E-state index contributed by atoms with van der Waals surface area (Å²) in [5.41, 5.74) is 0. The van der Waals surface area contributed by atoms with E-state index in [1.165, 1.54) is 0 Å². The maximum atomic E-state index is 9.66. The molecular formula is C14H22BrNO2. The first-order chi connectivity index (χ1) is 8.58. The number of hydrogen-bond donors (Lipinski definition) is 2. The van der Waals surface area contributed by atoms with Crippen molar-refractivity contribution in [3.63, 3.8) is 0 Å². The Morgan fingerprint density at radius 3 is 2.83 bits per heavy atom. The number of rotatable bonds is 8. The quantitative estimate of drug-likeness (QED) is 0.725. The molecule has 1 atom stereocenters. The van der Waals surface area contributed by atoms with Gasteiger partial charge in [-0.3, -0.25) is 0 Å². The summed E-state index contributed by atoms with van der Waals surface area (Å²) in [5.74, 6) is 1.38. The number of halogens is 1. The third kappa shape index (κ3) is 6.99. The minimum atomic E-state index is -0.268. The van der Waals surface area contributed by atoms with Gasteiger partial charge < -0.3 is 15.2 Å². The fraction of sp³-hybridized carbons (Fsp3) is 0.571. The molecule has 0 saturated heterocycles. The molecule has 0 radical (unpaired) electrons. The molecule has 0 spiro atoms. The number of hydrogen-bond acceptors (Lipinski definition) is 3. The maximum Gasteiger partial charge on any atom is 0.120 e. The minimum Gasteiger partial charge on any atom is -0.492 e. The van der Waals surface area contributed by atoms with E-state index in [1.807, 2.05) is 24.3 Å². The fourth-order valence-corrected chi connectivity index (χ4v) is 2.07. The van der Waals surface area contributed by atoms with Crippen LogP contribution < -0.4 is 10.1 Å². The van der Waals surface area contributed by atoms with E-state index in [1.54, 1.807) is 0 Å². The van der Waals surface area contributed by atoms with Gasteiger partial charge in [-0.15, -0.1) is 0 Å². The van der Waals surface area contributed by atoms with Crippen LogP contribution in [0, 0.1) is 5.92 Å². The zero-order chi connectivity index (χ0) is 13.4. The van der Waals surface area contributed by atoms with Crippen molar-refractivity contribution in [1.29, 1.82) is 0 Å². The normalized spacial score (nSPS) is 12.7. The van der Waals surface area contributed by atoms with Crippen molar-refractivity contribution in [2.45, 2.75) is 26.4 Å². The SMILES string of the molecule is CC(C)CC(O)CNCCOc1cccc(Br)c1. The van der Waals surface area contributed by atoms with Gasteiger partial charge in [0.15, 0.2) is 0 Å². The van der Waals surface area contributed by atoms with E-state index in [9.17, 15) is 5.11 Å². The van der Waals surface area contributed by atoms with E-state index in [-0.39, 0.29) is 6.10 Å². The van der Waals surface area contributed by atoms with Crippen molar-refractivity contribution in [1.82, 2.24) is 5.32 Å². The van der Waals surface area contributed by atoms with Crippen molar-refractivity contribution in [2.75, 3.05) is 19.7 Å². The van der Waals surface area contributed by atoms with Gasteiger partial charge in [-0.25, -0.2) is 0 Å². The van der Waals surface area contributed by atoms with Crippen LogP contribution in [0.3, 0.4) is 0 Å². The number of benzene rings is 1. The lowest BCUT2D eigenvalue weighted by atomic mass is 10.1. The van der Waals surface area contributed by atoms with Gasteiger partial charge in [0.05, 0.1) is 6.10 Å². The minimum absolute atomic E-state index is 0.268. The Kier molecular flexibility index (Phi) is 7.32. The van der Waals surface area contributed by atoms with Crippen molar-refractivity contribution in [3.8, 4) is 5.75 Å². The van der Waals surface area contributed by atoms with Crippen LogP contribution in [-0.2, 0) is 0 Å². The summed E-state index contributed by atoms with van der Waals surface area (Å²) in [6.45, 7) is 6.19. The van der Waals surface area contributed by atoms with Gasteiger partial charge in [0.1, 0.15) is 12.4 Å². The molecule has 0 aromatic heterocycles. The van der Waals surface area contributed by atoms with Gasteiger partial charge in [-0.1, -0.05) is 35.8 Å². The lowest BCUT2D eigenvalue weighted by molar-refractivity contribution is 0.144. The molecule has 1 aromatic carbocycles. The van der Waals surface area contributed by atoms with E-state index >= 15 is 0 Å². The van der Waals surface area contributed by atoms with Gasteiger partial charge in [-0.2, -0.15) is 0 Å². The highest BCUT2D eigenvalue weighted by molar-refractivity contribution is 9.10. The summed E-state index contributed by atoms with van der Waals surface area (Å²) >= 11 is 3.40. The van der Waals surface area contributed by atoms with Gasteiger partial charge in [0.2, 0.25) is 0 Å². The largest absolute Gasteiger partial charge is 0.492 e. The van der Waals surface area contributed by atoms with Crippen molar-refractivity contribution in [3.05, 3.63) is 28.7 Å². The fourth-order valence-electron chi connectivity index (χ4n) is 1.69. The second-order valence-electron chi connectivity index (χ2n) is 4.79. The Bertz CT molecular complexity index is 344. The maximum absolute atomic E-state index is 9.66. The zero-order valence-corrected chi connectivity index (χ0v) is 12.6. The van der Waals surface area contributed by atoms with Crippen LogP contribution in [0.4, 0.5) is 0 Å². The summed E-state index contributed by atoms with van der Waals surface area (Å²) in [6, 6.07) is 7.78. The van der Waals surface area contributed by atoms with Crippen molar-refractivity contribution < 1.29 is 9.84 Å². The molecule has 4 heteroatoms. The molecule has 0 aliphatic heterocycles. The van der Waals surface area contributed by atoms with Crippen LogP contribution in [0.5, 0.6) is 5.75 Å². The van der Waals surface area contributed by atoms with Crippen LogP contribution in [0.2, 0.25) is 0 Å². The van der Waals surface area contributed by atoms with Crippen molar-refractivity contribution >= 4 is 15.9 Å². The lowest BCUT2D eigenvalue weighted by Crippen LogP contribution is -2.30. The average Bonchev–Trinajstić information content (AvgIpc) is 2.27. The molecule has 1 aromatic rings. The second-order valence-corrected chi connectivity index (χ2v) is 5.71. The summed E-state index contributed by atoms with van der Waals surface area (Å²) in [5, 5.41) is 12.9. The molecule has 0 heterocycles. The summed E-state index contributed by atoms with van der Waals surface area (Å²) in [7, 11) is 0. The van der Waals surface area contributed by atoms with Gasteiger partial charge in [0.25, 0.3) is 0 Å². The molecule has 0 aliphatic rings. The monoisotopic (exact) mass is 315 g/mol.